The zero-order chi connectivity index (χ0) is 12.4. The molecule has 4 nitrogen and oxygen atoms in total. The van der Waals surface area contributed by atoms with Gasteiger partial charge in [-0.3, -0.25) is 4.79 Å². The highest BCUT2D eigenvalue weighted by atomic mass is 16.2. The van der Waals surface area contributed by atoms with Gasteiger partial charge in [0.1, 0.15) is 0 Å². The Hall–Kier alpha value is -0.610. The molecule has 16 heavy (non-hydrogen) atoms. The fourth-order valence-corrected chi connectivity index (χ4v) is 1.75. The second kappa shape index (κ2) is 9.60. The highest BCUT2D eigenvalue weighted by molar-refractivity contribution is 5.78. The minimum Gasteiger partial charge on any atom is -0.342 e. The van der Waals surface area contributed by atoms with Gasteiger partial charge in [0.2, 0.25) is 5.91 Å². The van der Waals surface area contributed by atoms with Crippen LogP contribution in [0.25, 0.3) is 0 Å². The maximum absolute atomic E-state index is 11.6. The highest BCUT2D eigenvalue weighted by Gasteiger charge is 2.10. The maximum Gasteiger partial charge on any atom is 0.236 e. The Balaban J connectivity index is 3.82. The van der Waals surface area contributed by atoms with Crippen LogP contribution >= 0.6 is 0 Å². The van der Waals surface area contributed by atoms with Gasteiger partial charge in [0, 0.05) is 13.1 Å². The number of carbonyl (C=O) groups is 1. The second-order valence-electron chi connectivity index (χ2n) is 3.88. The van der Waals surface area contributed by atoms with Crippen molar-refractivity contribution in [3.63, 3.8) is 0 Å². The van der Waals surface area contributed by atoms with Gasteiger partial charge in [0.25, 0.3) is 0 Å². The maximum atomic E-state index is 11.6. The highest BCUT2D eigenvalue weighted by Crippen LogP contribution is 1.96. The van der Waals surface area contributed by atoms with E-state index in [4.69, 9.17) is 0 Å². The van der Waals surface area contributed by atoms with Gasteiger partial charge >= 0.3 is 0 Å². The van der Waals surface area contributed by atoms with Gasteiger partial charge in [-0.25, -0.2) is 0 Å². The number of amides is 1. The van der Waals surface area contributed by atoms with E-state index in [1.54, 1.807) is 0 Å². The van der Waals surface area contributed by atoms with Crippen molar-refractivity contribution in [1.82, 2.24) is 15.1 Å². The molecule has 0 heterocycles. The molecule has 0 aliphatic heterocycles. The van der Waals surface area contributed by atoms with E-state index >= 15 is 0 Å². The molecule has 0 aliphatic carbocycles. The van der Waals surface area contributed by atoms with Crippen LogP contribution in [-0.4, -0.2) is 62.0 Å². The van der Waals surface area contributed by atoms with E-state index in [9.17, 15) is 4.79 Å². The molecule has 0 unspecified atom stereocenters. The molecule has 0 fully saturated rings. The predicted octanol–water partition coefficient (Wildman–Crippen LogP) is 0.786. The molecule has 1 amide bonds. The first-order valence-electron chi connectivity index (χ1n) is 6.34. The zero-order valence-corrected chi connectivity index (χ0v) is 11.3. The van der Waals surface area contributed by atoms with Crippen molar-refractivity contribution in [2.24, 2.45) is 0 Å². The smallest absolute Gasteiger partial charge is 0.236 e. The van der Waals surface area contributed by atoms with Gasteiger partial charge in [-0.2, -0.15) is 0 Å². The molecule has 0 saturated carbocycles. The Morgan fingerprint density at radius 2 is 1.69 bits per heavy atom. The lowest BCUT2D eigenvalue weighted by atomic mass is 10.3. The standard InChI is InChI=1S/C12H27N3O/c1-5-14(6-2)9-8-10-15(7-3)12(16)11-13-4/h13H,5-11H2,1-4H3. The summed E-state index contributed by atoms with van der Waals surface area (Å²) in [6, 6.07) is 0. The first kappa shape index (κ1) is 15.4. The normalized spacial score (nSPS) is 10.8. The third kappa shape index (κ3) is 6.08. The molecule has 0 aromatic rings. The van der Waals surface area contributed by atoms with E-state index < -0.39 is 0 Å². The third-order valence-corrected chi connectivity index (χ3v) is 2.86. The summed E-state index contributed by atoms with van der Waals surface area (Å²) < 4.78 is 0. The molecule has 0 aliphatic rings. The average molecular weight is 229 g/mol. The molecule has 96 valence electrons. The van der Waals surface area contributed by atoms with Crippen molar-refractivity contribution < 1.29 is 4.79 Å². The minimum atomic E-state index is 0.199. The molecular formula is C12H27N3O. The summed E-state index contributed by atoms with van der Waals surface area (Å²) in [7, 11) is 1.81. The van der Waals surface area contributed by atoms with Gasteiger partial charge in [-0.1, -0.05) is 13.8 Å². The van der Waals surface area contributed by atoms with Gasteiger partial charge in [-0.05, 0) is 40.0 Å². The molecule has 0 saturated heterocycles. The number of hydrogen-bond acceptors (Lipinski definition) is 3. The SMILES string of the molecule is CCN(CC)CCCN(CC)C(=O)CNC. The van der Waals surface area contributed by atoms with E-state index in [0.29, 0.717) is 6.54 Å². The first-order chi connectivity index (χ1) is 7.69. The van der Waals surface area contributed by atoms with Crippen LogP contribution in [0.3, 0.4) is 0 Å². The lowest BCUT2D eigenvalue weighted by Crippen LogP contribution is -2.38. The van der Waals surface area contributed by atoms with Gasteiger partial charge in [0.05, 0.1) is 6.54 Å². The van der Waals surface area contributed by atoms with Crippen LogP contribution in [0, 0.1) is 0 Å². The van der Waals surface area contributed by atoms with Crippen LogP contribution < -0.4 is 5.32 Å². The summed E-state index contributed by atoms with van der Waals surface area (Å²) in [5.41, 5.74) is 0. The minimum absolute atomic E-state index is 0.199. The fraction of sp³-hybridized carbons (Fsp3) is 0.917. The summed E-state index contributed by atoms with van der Waals surface area (Å²) >= 11 is 0. The van der Waals surface area contributed by atoms with Gasteiger partial charge in [-0.15, -0.1) is 0 Å². The van der Waals surface area contributed by atoms with Gasteiger partial charge in [0.15, 0.2) is 0 Å². The first-order valence-corrected chi connectivity index (χ1v) is 6.34. The van der Waals surface area contributed by atoms with Crippen LogP contribution in [0.2, 0.25) is 0 Å². The Morgan fingerprint density at radius 3 is 2.12 bits per heavy atom. The Kier molecular flexibility index (Phi) is 9.24. The number of rotatable bonds is 9. The van der Waals surface area contributed by atoms with E-state index in [2.05, 4.69) is 24.1 Å². The van der Waals surface area contributed by atoms with E-state index in [-0.39, 0.29) is 5.91 Å². The fourth-order valence-electron chi connectivity index (χ4n) is 1.75. The number of nitrogens with zero attached hydrogens (tertiary/aromatic N) is 2. The quantitative estimate of drug-likeness (QED) is 0.635. The van der Waals surface area contributed by atoms with Crippen LogP contribution in [0.4, 0.5) is 0 Å². The van der Waals surface area contributed by atoms with Crippen LogP contribution in [0.5, 0.6) is 0 Å². The van der Waals surface area contributed by atoms with E-state index in [1.165, 1.54) is 0 Å². The Bertz CT molecular complexity index is 181. The molecule has 0 rings (SSSR count). The number of nitrogens with one attached hydrogen (secondary N) is 1. The van der Waals surface area contributed by atoms with Crippen molar-refractivity contribution in [1.29, 1.82) is 0 Å². The summed E-state index contributed by atoms with van der Waals surface area (Å²) in [5, 5.41) is 2.90. The molecule has 0 aromatic carbocycles. The Labute approximate surface area is 100.0 Å². The molecular weight excluding hydrogens is 202 g/mol. The number of likely N-dealkylation sites (N-methyl/N-ethyl adjacent to an activating group) is 2. The second-order valence-corrected chi connectivity index (χ2v) is 3.88. The van der Waals surface area contributed by atoms with Crippen molar-refractivity contribution in [3.8, 4) is 0 Å². The number of hydrogen-bond donors (Lipinski definition) is 1. The Morgan fingerprint density at radius 1 is 1.06 bits per heavy atom. The molecule has 0 atom stereocenters. The van der Waals surface area contributed by atoms with Crippen molar-refractivity contribution in [3.05, 3.63) is 0 Å². The predicted molar refractivity (Wildman–Crippen MR) is 68.6 cm³/mol. The monoisotopic (exact) mass is 229 g/mol. The van der Waals surface area contributed by atoms with Gasteiger partial charge < -0.3 is 15.1 Å². The van der Waals surface area contributed by atoms with Crippen LogP contribution in [0.1, 0.15) is 27.2 Å². The summed E-state index contributed by atoms with van der Waals surface area (Å²) in [4.78, 5) is 15.9. The average Bonchev–Trinajstić information content (AvgIpc) is 2.30. The zero-order valence-electron chi connectivity index (χ0n) is 11.3. The van der Waals surface area contributed by atoms with Crippen LogP contribution in [-0.2, 0) is 4.79 Å². The largest absolute Gasteiger partial charge is 0.342 e. The summed E-state index contributed by atoms with van der Waals surface area (Å²) in [6.45, 7) is 11.8. The van der Waals surface area contributed by atoms with E-state index in [0.717, 1.165) is 39.1 Å². The molecule has 0 bridgehead atoms. The summed E-state index contributed by atoms with van der Waals surface area (Å²) in [6.07, 6.45) is 1.06. The molecule has 0 aromatic heterocycles. The lowest BCUT2D eigenvalue weighted by molar-refractivity contribution is -0.130. The van der Waals surface area contributed by atoms with E-state index in [1.807, 2.05) is 18.9 Å². The molecule has 0 spiro atoms. The molecule has 1 N–H and O–H groups in total. The topological polar surface area (TPSA) is 35.6 Å². The third-order valence-electron chi connectivity index (χ3n) is 2.86. The molecule has 0 radical (unpaired) electrons. The number of carbonyl (C=O) groups excluding carboxylic acids is 1. The van der Waals surface area contributed by atoms with Crippen molar-refractivity contribution >= 4 is 5.91 Å². The van der Waals surface area contributed by atoms with Crippen LogP contribution in [0.15, 0.2) is 0 Å². The lowest BCUT2D eigenvalue weighted by Gasteiger charge is -2.23. The van der Waals surface area contributed by atoms with Crippen molar-refractivity contribution in [2.45, 2.75) is 27.2 Å². The summed E-state index contributed by atoms with van der Waals surface area (Å²) in [5.74, 6) is 0.199. The van der Waals surface area contributed by atoms with Crippen molar-refractivity contribution in [2.75, 3.05) is 46.3 Å². The molecule has 4 heteroatoms.